The molecule has 0 amide bonds. The fraction of sp³-hybridized carbons (Fsp3) is 0.600. The van der Waals surface area contributed by atoms with Crippen molar-refractivity contribution in [2.24, 2.45) is 11.7 Å². The minimum absolute atomic E-state index is 0.213. The molecule has 118 valence electrons. The fourth-order valence-corrected chi connectivity index (χ4v) is 2.80. The minimum Gasteiger partial charge on any atom is -0.381 e. The van der Waals surface area contributed by atoms with Crippen molar-refractivity contribution in [2.45, 2.75) is 18.9 Å². The van der Waals surface area contributed by atoms with Crippen LogP contribution in [0.4, 0.5) is 13.2 Å². The van der Waals surface area contributed by atoms with Crippen LogP contribution in [0.1, 0.15) is 24.4 Å². The summed E-state index contributed by atoms with van der Waals surface area (Å²) in [4.78, 5) is 1.97. The van der Waals surface area contributed by atoms with E-state index in [0.29, 0.717) is 11.5 Å². The van der Waals surface area contributed by atoms with Crippen LogP contribution in [-0.2, 0) is 4.74 Å². The minimum atomic E-state index is -1.44. The largest absolute Gasteiger partial charge is 0.381 e. The third kappa shape index (κ3) is 3.96. The SMILES string of the molecule is CN(CC1CCOCC1)C(CN)c1cc(F)c(F)c(F)c1. The van der Waals surface area contributed by atoms with Gasteiger partial charge in [-0.1, -0.05) is 0 Å². The molecule has 2 N–H and O–H groups in total. The van der Waals surface area contributed by atoms with Crippen molar-refractivity contribution < 1.29 is 17.9 Å². The van der Waals surface area contributed by atoms with Gasteiger partial charge in [-0.3, -0.25) is 4.90 Å². The lowest BCUT2D eigenvalue weighted by atomic mass is 9.97. The van der Waals surface area contributed by atoms with Gasteiger partial charge in [0.2, 0.25) is 0 Å². The highest BCUT2D eigenvalue weighted by Crippen LogP contribution is 2.25. The van der Waals surface area contributed by atoms with Crippen molar-refractivity contribution in [1.29, 1.82) is 0 Å². The fourth-order valence-electron chi connectivity index (χ4n) is 2.80. The van der Waals surface area contributed by atoms with Crippen LogP contribution in [0.25, 0.3) is 0 Å². The number of hydrogen-bond donors (Lipinski definition) is 1. The smallest absolute Gasteiger partial charge is 0.194 e. The molecule has 1 saturated heterocycles. The maximum atomic E-state index is 13.4. The molecule has 1 unspecified atom stereocenters. The normalized spacial score (nSPS) is 18.2. The highest BCUT2D eigenvalue weighted by atomic mass is 19.2. The molecular formula is C15H21F3N2O. The van der Waals surface area contributed by atoms with Gasteiger partial charge < -0.3 is 10.5 Å². The van der Waals surface area contributed by atoms with Crippen LogP contribution in [0.3, 0.4) is 0 Å². The number of nitrogens with zero attached hydrogens (tertiary/aromatic N) is 1. The predicted octanol–water partition coefficient (Wildman–Crippen LogP) is 2.46. The summed E-state index contributed by atoms with van der Waals surface area (Å²) >= 11 is 0. The Morgan fingerprint density at radius 1 is 1.24 bits per heavy atom. The van der Waals surface area contributed by atoms with Gasteiger partial charge in [-0.05, 0) is 43.5 Å². The van der Waals surface area contributed by atoms with E-state index in [2.05, 4.69) is 0 Å². The number of ether oxygens (including phenoxy) is 1. The summed E-state index contributed by atoms with van der Waals surface area (Å²) in [6, 6.07) is 1.71. The molecule has 0 saturated carbocycles. The second kappa shape index (κ2) is 7.24. The zero-order valence-electron chi connectivity index (χ0n) is 12.1. The Bertz CT molecular complexity index is 455. The standard InChI is InChI=1S/C15H21F3N2O/c1-20(9-10-2-4-21-5-3-10)14(8-19)11-6-12(16)15(18)13(17)7-11/h6-7,10,14H,2-5,8-9,19H2,1H3. The van der Waals surface area contributed by atoms with Crippen molar-refractivity contribution in [2.75, 3.05) is 33.4 Å². The van der Waals surface area contributed by atoms with Gasteiger partial charge >= 0.3 is 0 Å². The molecule has 3 nitrogen and oxygen atoms in total. The lowest BCUT2D eigenvalue weighted by Crippen LogP contribution is -2.36. The zero-order chi connectivity index (χ0) is 15.4. The quantitative estimate of drug-likeness (QED) is 0.849. The third-order valence-electron chi connectivity index (χ3n) is 4.03. The topological polar surface area (TPSA) is 38.5 Å². The van der Waals surface area contributed by atoms with Gasteiger partial charge in [0.25, 0.3) is 0 Å². The van der Waals surface area contributed by atoms with E-state index in [0.717, 1.165) is 44.7 Å². The number of rotatable bonds is 5. The van der Waals surface area contributed by atoms with Gasteiger partial charge in [-0.2, -0.15) is 0 Å². The number of halogens is 3. The summed E-state index contributed by atoms with van der Waals surface area (Å²) in [6.45, 7) is 2.47. The van der Waals surface area contributed by atoms with Crippen molar-refractivity contribution in [1.82, 2.24) is 4.90 Å². The van der Waals surface area contributed by atoms with Crippen LogP contribution in [0, 0.1) is 23.4 Å². The van der Waals surface area contributed by atoms with E-state index in [-0.39, 0.29) is 12.6 Å². The van der Waals surface area contributed by atoms with E-state index in [9.17, 15) is 13.2 Å². The van der Waals surface area contributed by atoms with E-state index < -0.39 is 17.5 Å². The molecule has 0 radical (unpaired) electrons. The molecule has 1 atom stereocenters. The van der Waals surface area contributed by atoms with Crippen molar-refractivity contribution >= 4 is 0 Å². The van der Waals surface area contributed by atoms with Crippen LogP contribution in [0.5, 0.6) is 0 Å². The Hall–Kier alpha value is -1.11. The summed E-state index contributed by atoms with van der Waals surface area (Å²) < 4.78 is 45.1. The molecule has 1 heterocycles. The number of hydrogen-bond acceptors (Lipinski definition) is 3. The summed E-state index contributed by atoms with van der Waals surface area (Å²) in [5.74, 6) is -3.32. The third-order valence-corrected chi connectivity index (χ3v) is 4.03. The summed E-state index contributed by atoms with van der Waals surface area (Å²) in [5.41, 5.74) is 6.11. The molecule has 0 bridgehead atoms. The van der Waals surface area contributed by atoms with Gasteiger partial charge in [-0.25, -0.2) is 13.2 Å². The molecule has 0 aliphatic carbocycles. The van der Waals surface area contributed by atoms with Crippen LogP contribution >= 0.6 is 0 Å². The first-order valence-corrected chi connectivity index (χ1v) is 7.15. The van der Waals surface area contributed by atoms with E-state index in [4.69, 9.17) is 10.5 Å². The Kier molecular flexibility index (Phi) is 5.61. The Morgan fingerprint density at radius 3 is 2.33 bits per heavy atom. The first kappa shape index (κ1) is 16.3. The first-order chi connectivity index (χ1) is 10.0. The van der Waals surface area contributed by atoms with Crippen LogP contribution in [0.15, 0.2) is 12.1 Å². The Labute approximate surface area is 122 Å². The number of nitrogens with two attached hydrogens (primary N) is 1. The molecule has 1 aliphatic heterocycles. The highest BCUT2D eigenvalue weighted by molar-refractivity contribution is 5.23. The molecule has 2 rings (SSSR count). The van der Waals surface area contributed by atoms with Crippen molar-refractivity contribution in [3.63, 3.8) is 0 Å². The molecule has 1 fully saturated rings. The summed E-state index contributed by atoms with van der Waals surface area (Å²) in [5, 5.41) is 0. The molecule has 1 aliphatic rings. The van der Waals surface area contributed by atoms with Gasteiger partial charge in [0.05, 0.1) is 0 Å². The Balaban J connectivity index is 2.10. The molecule has 1 aromatic carbocycles. The average molecular weight is 302 g/mol. The zero-order valence-corrected chi connectivity index (χ0v) is 12.1. The lowest BCUT2D eigenvalue weighted by Gasteiger charge is -2.32. The Morgan fingerprint density at radius 2 is 1.81 bits per heavy atom. The van der Waals surface area contributed by atoms with Crippen LogP contribution < -0.4 is 5.73 Å². The van der Waals surface area contributed by atoms with E-state index >= 15 is 0 Å². The number of benzene rings is 1. The summed E-state index contributed by atoms with van der Waals surface area (Å²) in [6.07, 6.45) is 1.93. The molecule has 6 heteroatoms. The molecular weight excluding hydrogens is 281 g/mol. The van der Waals surface area contributed by atoms with Gasteiger partial charge in [0.1, 0.15) is 0 Å². The van der Waals surface area contributed by atoms with Crippen molar-refractivity contribution in [3.8, 4) is 0 Å². The molecule has 0 aromatic heterocycles. The lowest BCUT2D eigenvalue weighted by molar-refractivity contribution is 0.0507. The van der Waals surface area contributed by atoms with E-state index in [1.165, 1.54) is 0 Å². The second-order valence-corrected chi connectivity index (χ2v) is 5.55. The van der Waals surface area contributed by atoms with Crippen LogP contribution in [-0.4, -0.2) is 38.3 Å². The molecule has 1 aromatic rings. The second-order valence-electron chi connectivity index (χ2n) is 5.55. The van der Waals surface area contributed by atoms with Crippen LogP contribution in [0.2, 0.25) is 0 Å². The maximum absolute atomic E-state index is 13.4. The molecule has 21 heavy (non-hydrogen) atoms. The first-order valence-electron chi connectivity index (χ1n) is 7.15. The van der Waals surface area contributed by atoms with Gasteiger partial charge in [-0.15, -0.1) is 0 Å². The average Bonchev–Trinajstić information content (AvgIpc) is 2.46. The maximum Gasteiger partial charge on any atom is 0.194 e. The predicted molar refractivity (Wildman–Crippen MR) is 74.3 cm³/mol. The monoisotopic (exact) mass is 302 g/mol. The van der Waals surface area contributed by atoms with Crippen molar-refractivity contribution in [3.05, 3.63) is 35.1 Å². The number of likely N-dealkylation sites (N-methyl/N-ethyl adjacent to an activating group) is 1. The van der Waals surface area contributed by atoms with Gasteiger partial charge in [0.15, 0.2) is 17.5 Å². The summed E-state index contributed by atoms with van der Waals surface area (Å²) in [7, 11) is 1.87. The molecule has 0 spiro atoms. The van der Waals surface area contributed by atoms with Gasteiger partial charge in [0, 0.05) is 32.3 Å². The van der Waals surface area contributed by atoms with E-state index in [1.807, 2.05) is 11.9 Å². The van der Waals surface area contributed by atoms with E-state index in [1.54, 1.807) is 0 Å². The highest BCUT2D eigenvalue weighted by Gasteiger charge is 2.23.